The fourth-order valence-electron chi connectivity index (χ4n) is 1.38. The number of rotatable bonds is 3. The van der Waals surface area contributed by atoms with Crippen molar-refractivity contribution in [3.05, 3.63) is 34.3 Å². The maximum Gasteiger partial charge on any atom is 0.164 e. The molecule has 0 bridgehead atoms. The minimum atomic E-state index is 0.131. The Hall–Kier alpha value is -1.26. The van der Waals surface area contributed by atoms with Gasteiger partial charge in [-0.2, -0.15) is 0 Å². The fraction of sp³-hybridized carbons (Fsp3) is 0.308. The smallest absolute Gasteiger partial charge is 0.164 e. The lowest BCUT2D eigenvalue weighted by atomic mass is 10.0. The number of halogens is 1. The third kappa shape index (κ3) is 3.42. The number of Topliss-reactive ketones (excluding diaryl/α,β-unsaturated/α-hetero) is 1. The highest BCUT2D eigenvalue weighted by Gasteiger charge is 2.07. The molecule has 0 heterocycles. The van der Waals surface area contributed by atoms with Gasteiger partial charge in [0.05, 0.1) is 0 Å². The normalized spacial score (nSPS) is 9.27. The second-order valence-electron chi connectivity index (χ2n) is 3.31. The zero-order chi connectivity index (χ0) is 11.3. The van der Waals surface area contributed by atoms with Crippen molar-refractivity contribution in [2.24, 2.45) is 0 Å². The fourth-order valence-corrected chi connectivity index (χ4v) is 1.60. The number of carbonyl (C=O) groups is 1. The molecule has 0 fully saturated rings. The van der Waals surface area contributed by atoms with Gasteiger partial charge in [-0.25, -0.2) is 0 Å². The van der Waals surface area contributed by atoms with Crippen molar-refractivity contribution in [3.63, 3.8) is 0 Å². The summed E-state index contributed by atoms with van der Waals surface area (Å²) in [6.45, 7) is 3.67. The highest BCUT2D eigenvalue weighted by Crippen LogP contribution is 2.16. The second kappa shape index (κ2) is 5.58. The van der Waals surface area contributed by atoms with Crippen molar-refractivity contribution >= 4 is 17.4 Å². The van der Waals surface area contributed by atoms with E-state index in [9.17, 15) is 4.79 Å². The van der Waals surface area contributed by atoms with Crippen molar-refractivity contribution in [2.75, 3.05) is 0 Å². The summed E-state index contributed by atoms with van der Waals surface area (Å²) >= 11 is 5.81. The van der Waals surface area contributed by atoms with Gasteiger partial charge in [0, 0.05) is 23.4 Å². The molecule has 0 aromatic heterocycles. The first-order chi connectivity index (χ1) is 7.15. The van der Waals surface area contributed by atoms with Gasteiger partial charge < -0.3 is 0 Å². The van der Waals surface area contributed by atoms with Gasteiger partial charge in [0.2, 0.25) is 0 Å². The number of benzene rings is 1. The van der Waals surface area contributed by atoms with E-state index in [-0.39, 0.29) is 5.78 Å². The van der Waals surface area contributed by atoms with E-state index in [1.54, 1.807) is 25.1 Å². The summed E-state index contributed by atoms with van der Waals surface area (Å²) in [5.41, 5.74) is 1.68. The highest BCUT2D eigenvalue weighted by molar-refractivity contribution is 6.30. The molecular formula is C13H13ClO. The van der Waals surface area contributed by atoms with Crippen LogP contribution in [0.1, 0.15) is 35.7 Å². The summed E-state index contributed by atoms with van der Waals surface area (Å²) in [5.74, 6) is 5.79. The Balaban J connectivity index is 2.76. The van der Waals surface area contributed by atoms with E-state index in [4.69, 9.17) is 11.6 Å². The Labute approximate surface area is 95.5 Å². The molecule has 0 N–H and O–H groups in total. The lowest BCUT2D eigenvalue weighted by molar-refractivity contribution is 0.0984. The van der Waals surface area contributed by atoms with Crippen molar-refractivity contribution in [1.29, 1.82) is 0 Å². The number of hydrogen-bond donors (Lipinski definition) is 0. The molecule has 1 nitrogen and oxygen atoms in total. The maximum absolute atomic E-state index is 11.7. The van der Waals surface area contributed by atoms with Gasteiger partial charge in [-0.15, -0.1) is 11.8 Å². The Morgan fingerprint density at radius 2 is 2.20 bits per heavy atom. The molecule has 0 amide bonds. The van der Waals surface area contributed by atoms with Crippen LogP contribution in [0.4, 0.5) is 0 Å². The summed E-state index contributed by atoms with van der Waals surface area (Å²) < 4.78 is 0. The minimum Gasteiger partial charge on any atom is -0.294 e. The standard InChI is InChI=1S/C13H13ClO/c1-3-4-5-6-13(15)12-8-7-11(14)9-10(12)2/h7-9H,5-6H2,1-2H3. The number of hydrogen-bond acceptors (Lipinski definition) is 1. The van der Waals surface area contributed by atoms with Crippen LogP contribution >= 0.6 is 11.6 Å². The van der Waals surface area contributed by atoms with Crippen molar-refractivity contribution in [1.82, 2.24) is 0 Å². The first-order valence-electron chi connectivity index (χ1n) is 4.84. The van der Waals surface area contributed by atoms with E-state index in [1.165, 1.54) is 0 Å². The van der Waals surface area contributed by atoms with Crippen LogP contribution in [0.25, 0.3) is 0 Å². The van der Waals surface area contributed by atoms with Gasteiger partial charge >= 0.3 is 0 Å². The van der Waals surface area contributed by atoms with Gasteiger partial charge in [-0.1, -0.05) is 11.6 Å². The predicted octanol–water partition coefficient (Wildman–Crippen LogP) is 3.63. The van der Waals surface area contributed by atoms with E-state index in [2.05, 4.69) is 11.8 Å². The molecule has 0 aliphatic heterocycles. The zero-order valence-corrected chi connectivity index (χ0v) is 9.69. The van der Waals surface area contributed by atoms with Gasteiger partial charge in [0.25, 0.3) is 0 Å². The van der Waals surface area contributed by atoms with E-state index < -0.39 is 0 Å². The number of aryl methyl sites for hydroxylation is 1. The Kier molecular flexibility index (Phi) is 4.39. The van der Waals surface area contributed by atoms with Crippen LogP contribution in [0.5, 0.6) is 0 Å². The SMILES string of the molecule is CC#CCCC(=O)c1ccc(Cl)cc1C. The maximum atomic E-state index is 11.7. The minimum absolute atomic E-state index is 0.131. The lowest BCUT2D eigenvalue weighted by Gasteiger charge is -2.03. The van der Waals surface area contributed by atoms with Gasteiger partial charge in [-0.05, 0) is 37.6 Å². The molecular weight excluding hydrogens is 208 g/mol. The molecule has 0 radical (unpaired) electrons. The van der Waals surface area contributed by atoms with Crippen LogP contribution in [0.3, 0.4) is 0 Å². The van der Waals surface area contributed by atoms with Gasteiger partial charge in [0.1, 0.15) is 0 Å². The van der Waals surface area contributed by atoms with Gasteiger partial charge in [-0.3, -0.25) is 4.79 Å². The summed E-state index contributed by atoms with van der Waals surface area (Å²) in [5, 5.41) is 0.664. The Morgan fingerprint density at radius 1 is 1.47 bits per heavy atom. The third-order valence-electron chi connectivity index (χ3n) is 2.14. The monoisotopic (exact) mass is 220 g/mol. The highest BCUT2D eigenvalue weighted by atomic mass is 35.5. The van der Waals surface area contributed by atoms with Crippen LogP contribution in [0, 0.1) is 18.8 Å². The van der Waals surface area contributed by atoms with E-state index in [0.29, 0.717) is 17.9 Å². The second-order valence-corrected chi connectivity index (χ2v) is 3.75. The van der Waals surface area contributed by atoms with Gasteiger partial charge in [0.15, 0.2) is 5.78 Å². The Bertz CT molecular complexity index is 424. The number of ketones is 1. The first kappa shape index (κ1) is 11.8. The molecule has 1 rings (SSSR count). The summed E-state index contributed by atoms with van der Waals surface area (Å²) in [6, 6.07) is 5.33. The van der Waals surface area contributed by atoms with Crippen LogP contribution in [0.2, 0.25) is 5.02 Å². The molecule has 0 spiro atoms. The molecule has 0 aliphatic carbocycles. The topological polar surface area (TPSA) is 17.1 Å². The van der Waals surface area contributed by atoms with E-state index in [0.717, 1.165) is 11.1 Å². The van der Waals surface area contributed by atoms with Crippen LogP contribution in [-0.4, -0.2) is 5.78 Å². The average Bonchev–Trinajstić information content (AvgIpc) is 2.17. The largest absolute Gasteiger partial charge is 0.294 e. The predicted molar refractivity (Wildman–Crippen MR) is 63.2 cm³/mol. The molecule has 0 saturated carbocycles. The molecule has 1 aromatic carbocycles. The molecule has 0 unspecified atom stereocenters. The first-order valence-corrected chi connectivity index (χ1v) is 5.22. The van der Waals surface area contributed by atoms with E-state index in [1.807, 2.05) is 6.92 Å². The van der Waals surface area contributed by atoms with Crippen molar-refractivity contribution < 1.29 is 4.79 Å². The quantitative estimate of drug-likeness (QED) is 0.562. The molecule has 78 valence electrons. The average molecular weight is 221 g/mol. The molecule has 1 aromatic rings. The van der Waals surface area contributed by atoms with Crippen molar-refractivity contribution in [2.45, 2.75) is 26.7 Å². The summed E-state index contributed by atoms with van der Waals surface area (Å²) in [7, 11) is 0. The Morgan fingerprint density at radius 3 is 2.80 bits per heavy atom. The zero-order valence-electron chi connectivity index (χ0n) is 8.93. The number of carbonyl (C=O) groups excluding carboxylic acids is 1. The van der Waals surface area contributed by atoms with E-state index >= 15 is 0 Å². The lowest BCUT2D eigenvalue weighted by Crippen LogP contribution is -2.00. The van der Waals surface area contributed by atoms with Crippen LogP contribution in [-0.2, 0) is 0 Å². The van der Waals surface area contributed by atoms with Crippen LogP contribution in [0.15, 0.2) is 18.2 Å². The summed E-state index contributed by atoms with van der Waals surface area (Å²) in [6.07, 6.45) is 1.10. The third-order valence-corrected chi connectivity index (χ3v) is 2.38. The molecule has 0 saturated heterocycles. The molecule has 0 aliphatic rings. The molecule has 0 atom stereocenters. The molecule has 2 heteroatoms. The van der Waals surface area contributed by atoms with Crippen molar-refractivity contribution in [3.8, 4) is 11.8 Å². The molecule has 15 heavy (non-hydrogen) atoms. The van der Waals surface area contributed by atoms with Crippen LogP contribution < -0.4 is 0 Å². The summed E-state index contributed by atoms with van der Waals surface area (Å²) in [4.78, 5) is 11.7.